The number of furan rings is 1. The minimum atomic E-state index is -0.0881. The van der Waals surface area contributed by atoms with Crippen molar-refractivity contribution in [1.29, 1.82) is 0 Å². The number of hydrogen-bond acceptors (Lipinski definition) is 3. The second-order valence-electron chi connectivity index (χ2n) is 5.89. The molecule has 0 bridgehead atoms. The molecule has 0 amide bonds. The Labute approximate surface area is 135 Å². The van der Waals surface area contributed by atoms with Gasteiger partial charge in [-0.15, -0.1) is 0 Å². The molecular weight excluding hydrogens is 288 g/mol. The monoisotopic (exact) mass is 306 g/mol. The minimum absolute atomic E-state index is 0.0881. The maximum atomic E-state index is 10.6. The fraction of sp³-hybridized carbons (Fsp3) is 0.150. The Kier molecular flexibility index (Phi) is 4.02. The molecule has 116 valence electrons. The number of aldehydes is 1. The van der Waals surface area contributed by atoms with E-state index in [9.17, 15) is 4.79 Å². The lowest BCUT2D eigenvalue weighted by Gasteiger charge is -2.26. The number of ether oxygens (including phenoxy) is 1. The van der Waals surface area contributed by atoms with Gasteiger partial charge in [0.2, 0.25) is 0 Å². The summed E-state index contributed by atoms with van der Waals surface area (Å²) in [6, 6.07) is 21.5. The van der Waals surface area contributed by atoms with Crippen molar-refractivity contribution in [2.45, 2.75) is 19.3 Å². The van der Waals surface area contributed by atoms with Crippen LogP contribution < -0.4 is 4.74 Å². The Bertz CT molecular complexity index is 783. The van der Waals surface area contributed by atoms with E-state index in [1.54, 1.807) is 12.1 Å². The Morgan fingerprint density at radius 3 is 2.13 bits per heavy atom. The van der Waals surface area contributed by atoms with Crippen molar-refractivity contribution in [3.8, 4) is 11.7 Å². The van der Waals surface area contributed by atoms with Crippen molar-refractivity contribution in [3.05, 3.63) is 83.6 Å². The lowest BCUT2D eigenvalue weighted by Crippen LogP contribution is -2.18. The molecule has 23 heavy (non-hydrogen) atoms. The summed E-state index contributed by atoms with van der Waals surface area (Å²) in [4.78, 5) is 10.6. The van der Waals surface area contributed by atoms with Gasteiger partial charge >= 0.3 is 0 Å². The third kappa shape index (κ3) is 3.19. The van der Waals surface area contributed by atoms with Gasteiger partial charge in [-0.05, 0) is 29.3 Å². The molecule has 0 aliphatic rings. The maximum absolute atomic E-state index is 10.6. The molecule has 3 heteroatoms. The van der Waals surface area contributed by atoms with E-state index in [4.69, 9.17) is 9.15 Å². The highest BCUT2D eigenvalue weighted by Gasteiger charge is 2.22. The third-order valence-electron chi connectivity index (χ3n) is 4.01. The van der Waals surface area contributed by atoms with E-state index in [0.717, 1.165) is 0 Å². The second-order valence-corrected chi connectivity index (χ2v) is 5.89. The Hall–Kier alpha value is -2.81. The zero-order chi connectivity index (χ0) is 16.3. The molecule has 0 aliphatic carbocycles. The van der Waals surface area contributed by atoms with Gasteiger partial charge in [-0.1, -0.05) is 56.3 Å². The van der Waals surface area contributed by atoms with E-state index in [0.29, 0.717) is 18.0 Å². The number of hydrogen-bond donors (Lipinski definition) is 0. The molecule has 0 spiro atoms. The summed E-state index contributed by atoms with van der Waals surface area (Å²) in [6.07, 6.45) is 0.651. The van der Waals surface area contributed by atoms with Crippen molar-refractivity contribution < 1.29 is 13.9 Å². The van der Waals surface area contributed by atoms with E-state index < -0.39 is 0 Å². The van der Waals surface area contributed by atoms with Gasteiger partial charge in [0.25, 0.3) is 5.95 Å². The van der Waals surface area contributed by atoms with Gasteiger partial charge in [-0.25, -0.2) is 0 Å². The van der Waals surface area contributed by atoms with E-state index in [2.05, 4.69) is 38.1 Å². The quantitative estimate of drug-likeness (QED) is 0.607. The first-order valence-corrected chi connectivity index (χ1v) is 7.48. The molecule has 0 fully saturated rings. The summed E-state index contributed by atoms with van der Waals surface area (Å²) in [5.74, 6) is 1.23. The second kappa shape index (κ2) is 6.13. The summed E-state index contributed by atoms with van der Waals surface area (Å²) < 4.78 is 10.8. The van der Waals surface area contributed by atoms with Crippen LogP contribution in [0.5, 0.6) is 11.7 Å². The molecule has 3 nitrogen and oxygen atoms in total. The lowest BCUT2D eigenvalue weighted by atomic mass is 9.78. The molecule has 0 saturated carbocycles. The van der Waals surface area contributed by atoms with Crippen LogP contribution >= 0.6 is 0 Å². The highest BCUT2D eigenvalue weighted by Crippen LogP contribution is 2.33. The van der Waals surface area contributed by atoms with Gasteiger partial charge in [0, 0.05) is 11.5 Å². The highest BCUT2D eigenvalue weighted by molar-refractivity contribution is 5.70. The van der Waals surface area contributed by atoms with Gasteiger partial charge in [-0.2, -0.15) is 0 Å². The molecule has 0 unspecified atom stereocenters. The zero-order valence-electron chi connectivity index (χ0n) is 13.2. The molecular formula is C20H18O3. The van der Waals surface area contributed by atoms with E-state index in [1.165, 1.54) is 11.1 Å². The van der Waals surface area contributed by atoms with Gasteiger partial charge in [0.05, 0.1) is 0 Å². The van der Waals surface area contributed by atoms with Crippen molar-refractivity contribution >= 4 is 6.29 Å². The van der Waals surface area contributed by atoms with Crippen LogP contribution in [0.2, 0.25) is 0 Å². The first kappa shape index (κ1) is 15.1. The van der Waals surface area contributed by atoms with Crippen LogP contribution in [0, 0.1) is 0 Å². The van der Waals surface area contributed by atoms with Crippen LogP contribution in [0.3, 0.4) is 0 Å². The topological polar surface area (TPSA) is 39.4 Å². The summed E-state index contributed by atoms with van der Waals surface area (Å²) in [6.45, 7) is 4.39. The molecule has 1 heterocycles. The molecule has 0 N–H and O–H groups in total. The van der Waals surface area contributed by atoms with Crippen LogP contribution in [0.4, 0.5) is 0 Å². The standard InChI is InChI=1S/C20H18O3/c1-20(2,15-6-4-3-5-7-15)16-8-10-17(11-9-16)22-19-13-12-18(14-21)23-19/h3-14H,1-2H3. The van der Waals surface area contributed by atoms with Gasteiger partial charge < -0.3 is 9.15 Å². The fourth-order valence-electron chi connectivity index (χ4n) is 2.53. The van der Waals surface area contributed by atoms with Crippen LogP contribution in [0.1, 0.15) is 35.5 Å². The first-order valence-electron chi connectivity index (χ1n) is 7.48. The van der Waals surface area contributed by atoms with Gasteiger partial charge in [0.1, 0.15) is 5.75 Å². The smallest absolute Gasteiger partial charge is 0.290 e. The average molecular weight is 306 g/mol. The summed E-state index contributed by atoms with van der Waals surface area (Å²) >= 11 is 0. The maximum Gasteiger partial charge on any atom is 0.290 e. The third-order valence-corrected chi connectivity index (χ3v) is 4.01. The molecule has 0 atom stereocenters. The van der Waals surface area contributed by atoms with Gasteiger partial charge in [-0.3, -0.25) is 4.79 Å². The molecule has 0 saturated heterocycles. The zero-order valence-corrected chi connectivity index (χ0v) is 13.2. The van der Waals surface area contributed by atoms with Crippen LogP contribution in [-0.2, 0) is 5.41 Å². The molecule has 3 aromatic rings. The number of carbonyl (C=O) groups excluding carboxylic acids is 1. The van der Waals surface area contributed by atoms with E-state index in [1.807, 2.05) is 30.3 Å². The SMILES string of the molecule is CC(C)(c1ccccc1)c1ccc(Oc2ccc(C=O)o2)cc1. The van der Waals surface area contributed by atoms with Crippen LogP contribution in [0.15, 0.2) is 71.1 Å². The highest BCUT2D eigenvalue weighted by atomic mass is 16.6. The van der Waals surface area contributed by atoms with Gasteiger partial charge in [0.15, 0.2) is 12.0 Å². The van der Waals surface area contributed by atoms with E-state index >= 15 is 0 Å². The largest absolute Gasteiger partial charge is 0.426 e. The summed E-state index contributed by atoms with van der Waals surface area (Å²) in [7, 11) is 0. The van der Waals surface area contributed by atoms with Crippen molar-refractivity contribution in [2.75, 3.05) is 0 Å². The molecule has 0 radical (unpaired) electrons. The summed E-state index contributed by atoms with van der Waals surface area (Å²) in [5.41, 5.74) is 2.37. The average Bonchev–Trinajstić information content (AvgIpc) is 3.04. The lowest BCUT2D eigenvalue weighted by molar-refractivity contribution is 0.109. The normalized spacial score (nSPS) is 11.2. The summed E-state index contributed by atoms with van der Waals surface area (Å²) in [5, 5.41) is 0. The first-order chi connectivity index (χ1) is 11.1. The minimum Gasteiger partial charge on any atom is -0.426 e. The predicted octanol–water partition coefficient (Wildman–Crippen LogP) is 5.21. The number of carbonyl (C=O) groups is 1. The van der Waals surface area contributed by atoms with Crippen molar-refractivity contribution in [1.82, 2.24) is 0 Å². The number of benzene rings is 2. The molecule has 0 aliphatic heterocycles. The Morgan fingerprint density at radius 2 is 1.52 bits per heavy atom. The van der Waals surface area contributed by atoms with Crippen LogP contribution in [-0.4, -0.2) is 6.29 Å². The van der Waals surface area contributed by atoms with Crippen molar-refractivity contribution in [3.63, 3.8) is 0 Å². The number of rotatable bonds is 5. The van der Waals surface area contributed by atoms with Crippen molar-refractivity contribution in [2.24, 2.45) is 0 Å². The Morgan fingerprint density at radius 1 is 0.870 bits per heavy atom. The predicted molar refractivity (Wildman–Crippen MR) is 89.2 cm³/mol. The van der Waals surface area contributed by atoms with Crippen LogP contribution in [0.25, 0.3) is 0 Å². The molecule has 3 rings (SSSR count). The fourth-order valence-corrected chi connectivity index (χ4v) is 2.53. The molecule has 1 aromatic heterocycles. The van der Waals surface area contributed by atoms with E-state index in [-0.39, 0.29) is 11.2 Å². The Balaban J connectivity index is 1.80. The molecule has 2 aromatic carbocycles.